The number of halogens is 4. The number of hydrogen-bond acceptors (Lipinski definition) is 1. The van der Waals surface area contributed by atoms with Crippen LogP contribution in [0.2, 0.25) is 0 Å². The van der Waals surface area contributed by atoms with Crippen molar-refractivity contribution in [1.82, 2.24) is 0 Å². The van der Waals surface area contributed by atoms with Gasteiger partial charge in [0.05, 0.1) is 0 Å². The summed E-state index contributed by atoms with van der Waals surface area (Å²) in [6.45, 7) is 1.15. The molecule has 1 aromatic rings. The third kappa shape index (κ3) is 1.97. The molecule has 0 radical (unpaired) electrons. The summed E-state index contributed by atoms with van der Waals surface area (Å²) in [7, 11) is 0. The Bertz CT molecular complexity index is 348. The standard InChI is InChI=1S/C10H10F4O/c1-2-9(15,10(12,13)14)7-5-3-4-6-8(7)11/h3-6,15H,2H2,1H3. The SMILES string of the molecule is CCC(O)(c1ccccc1F)C(F)(F)F. The van der Waals surface area contributed by atoms with E-state index in [1.807, 2.05) is 0 Å². The molecule has 0 fully saturated rings. The van der Waals surface area contributed by atoms with E-state index in [9.17, 15) is 22.7 Å². The van der Waals surface area contributed by atoms with Crippen LogP contribution in [0.15, 0.2) is 24.3 Å². The first-order valence-electron chi connectivity index (χ1n) is 4.37. The smallest absolute Gasteiger partial charge is 0.376 e. The summed E-state index contributed by atoms with van der Waals surface area (Å²) in [5.74, 6) is -1.06. The molecular formula is C10H10F4O. The van der Waals surface area contributed by atoms with Crippen molar-refractivity contribution in [3.8, 4) is 0 Å². The second-order valence-corrected chi connectivity index (χ2v) is 3.19. The zero-order valence-corrected chi connectivity index (χ0v) is 7.98. The van der Waals surface area contributed by atoms with Gasteiger partial charge in [-0.25, -0.2) is 4.39 Å². The zero-order chi connectivity index (χ0) is 11.7. The minimum Gasteiger partial charge on any atom is -0.376 e. The highest BCUT2D eigenvalue weighted by Gasteiger charge is 2.54. The summed E-state index contributed by atoms with van der Waals surface area (Å²) in [4.78, 5) is 0. The number of aliphatic hydroxyl groups is 1. The molecule has 0 aliphatic rings. The van der Waals surface area contributed by atoms with Gasteiger partial charge in [-0.15, -0.1) is 0 Å². The molecule has 1 unspecified atom stereocenters. The fourth-order valence-electron chi connectivity index (χ4n) is 1.34. The lowest BCUT2D eigenvalue weighted by molar-refractivity contribution is -0.268. The van der Waals surface area contributed by atoms with E-state index in [-0.39, 0.29) is 0 Å². The van der Waals surface area contributed by atoms with Gasteiger partial charge in [0.2, 0.25) is 0 Å². The summed E-state index contributed by atoms with van der Waals surface area (Å²) in [6, 6.07) is 4.35. The quantitative estimate of drug-likeness (QED) is 0.762. The molecule has 84 valence electrons. The van der Waals surface area contributed by atoms with Crippen LogP contribution in [0.3, 0.4) is 0 Å². The minimum absolute atomic E-state index is 0.628. The van der Waals surface area contributed by atoms with Gasteiger partial charge in [-0.2, -0.15) is 13.2 Å². The molecule has 0 saturated carbocycles. The van der Waals surface area contributed by atoms with Gasteiger partial charge in [-0.3, -0.25) is 0 Å². The number of rotatable bonds is 2. The van der Waals surface area contributed by atoms with E-state index in [0.29, 0.717) is 0 Å². The van der Waals surface area contributed by atoms with E-state index >= 15 is 0 Å². The molecule has 0 aliphatic heterocycles. The van der Waals surface area contributed by atoms with Crippen LogP contribution in [0.25, 0.3) is 0 Å². The van der Waals surface area contributed by atoms with Gasteiger partial charge in [0.1, 0.15) is 5.82 Å². The first-order valence-corrected chi connectivity index (χ1v) is 4.37. The van der Waals surface area contributed by atoms with Crippen LogP contribution in [0.1, 0.15) is 18.9 Å². The van der Waals surface area contributed by atoms with Crippen LogP contribution in [0, 0.1) is 5.82 Å². The molecule has 15 heavy (non-hydrogen) atoms. The maximum absolute atomic E-state index is 13.1. The van der Waals surface area contributed by atoms with Gasteiger partial charge in [0.25, 0.3) is 0 Å². The van der Waals surface area contributed by atoms with Crippen LogP contribution >= 0.6 is 0 Å². The summed E-state index contributed by atoms with van der Waals surface area (Å²) in [5.41, 5.74) is -3.85. The van der Waals surface area contributed by atoms with Gasteiger partial charge in [0, 0.05) is 5.56 Å². The third-order valence-electron chi connectivity index (χ3n) is 2.30. The van der Waals surface area contributed by atoms with Crippen molar-refractivity contribution in [3.63, 3.8) is 0 Å². The van der Waals surface area contributed by atoms with E-state index in [1.54, 1.807) is 0 Å². The maximum Gasteiger partial charge on any atom is 0.421 e. The van der Waals surface area contributed by atoms with Crippen LogP contribution in [-0.4, -0.2) is 11.3 Å². The molecule has 0 bridgehead atoms. The van der Waals surface area contributed by atoms with Crippen molar-refractivity contribution in [2.45, 2.75) is 25.1 Å². The summed E-state index contributed by atoms with van der Waals surface area (Å²) in [6.07, 6.45) is -5.51. The van der Waals surface area contributed by atoms with Gasteiger partial charge < -0.3 is 5.11 Å². The van der Waals surface area contributed by atoms with E-state index < -0.39 is 29.6 Å². The Kier molecular flexibility index (Phi) is 3.04. The molecule has 0 amide bonds. The highest BCUT2D eigenvalue weighted by atomic mass is 19.4. The van der Waals surface area contributed by atoms with Crippen LogP contribution in [0.5, 0.6) is 0 Å². The summed E-state index contributed by atoms with van der Waals surface area (Å²) < 4.78 is 50.8. The highest BCUT2D eigenvalue weighted by Crippen LogP contribution is 2.42. The number of benzene rings is 1. The predicted octanol–water partition coefficient (Wildman–Crippen LogP) is 2.99. The van der Waals surface area contributed by atoms with Crippen LogP contribution < -0.4 is 0 Å². The van der Waals surface area contributed by atoms with Gasteiger partial charge in [-0.1, -0.05) is 25.1 Å². The lowest BCUT2D eigenvalue weighted by Crippen LogP contribution is -2.42. The van der Waals surface area contributed by atoms with Crippen molar-refractivity contribution < 1.29 is 22.7 Å². The Labute approximate surface area is 84.3 Å². The number of alkyl halides is 3. The van der Waals surface area contributed by atoms with Crippen LogP contribution in [-0.2, 0) is 5.60 Å². The molecule has 1 N–H and O–H groups in total. The second-order valence-electron chi connectivity index (χ2n) is 3.19. The highest BCUT2D eigenvalue weighted by molar-refractivity contribution is 5.25. The Morgan fingerprint density at radius 1 is 1.20 bits per heavy atom. The van der Waals surface area contributed by atoms with Crippen molar-refractivity contribution in [2.24, 2.45) is 0 Å². The molecule has 1 rings (SSSR count). The van der Waals surface area contributed by atoms with E-state index in [1.165, 1.54) is 12.1 Å². The van der Waals surface area contributed by atoms with Crippen LogP contribution in [0.4, 0.5) is 17.6 Å². The van der Waals surface area contributed by atoms with Crippen molar-refractivity contribution in [3.05, 3.63) is 35.6 Å². The monoisotopic (exact) mass is 222 g/mol. The second kappa shape index (κ2) is 3.81. The average Bonchev–Trinajstić information content (AvgIpc) is 2.15. The lowest BCUT2D eigenvalue weighted by Gasteiger charge is -2.29. The third-order valence-corrected chi connectivity index (χ3v) is 2.30. The van der Waals surface area contributed by atoms with E-state index in [4.69, 9.17) is 0 Å². The fraction of sp³-hybridized carbons (Fsp3) is 0.400. The normalized spacial score (nSPS) is 16.1. The van der Waals surface area contributed by atoms with Crippen molar-refractivity contribution in [1.29, 1.82) is 0 Å². The maximum atomic E-state index is 13.1. The summed E-state index contributed by atoms with van der Waals surface area (Å²) in [5, 5.41) is 9.44. The molecule has 1 atom stereocenters. The Balaban J connectivity index is 3.30. The van der Waals surface area contributed by atoms with Crippen molar-refractivity contribution >= 4 is 0 Å². The van der Waals surface area contributed by atoms with Crippen molar-refractivity contribution in [2.75, 3.05) is 0 Å². The first kappa shape index (κ1) is 12.0. The topological polar surface area (TPSA) is 20.2 Å². The minimum atomic E-state index is -4.88. The molecule has 0 spiro atoms. The molecule has 1 aromatic carbocycles. The Hall–Kier alpha value is -1.10. The molecule has 5 heteroatoms. The zero-order valence-electron chi connectivity index (χ0n) is 7.98. The lowest BCUT2D eigenvalue weighted by atomic mass is 9.90. The summed E-state index contributed by atoms with van der Waals surface area (Å²) >= 11 is 0. The van der Waals surface area contributed by atoms with E-state index in [0.717, 1.165) is 19.1 Å². The molecule has 0 aromatic heterocycles. The Morgan fingerprint density at radius 3 is 2.13 bits per heavy atom. The molecule has 1 nitrogen and oxygen atoms in total. The van der Waals surface area contributed by atoms with E-state index in [2.05, 4.69) is 0 Å². The molecule has 0 saturated heterocycles. The molecule has 0 aliphatic carbocycles. The largest absolute Gasteiger partial charge is 0.421 e. The Morgan fingerprint density at radius 2 is 1.73 bits per heavy atom. The molecular weight excluding hydrogens is 212 g/mol. The number of hydrogen-bond donors (Lipinski definition) is 1. The predicted molar refractivity (Wildman–Crippen MR) is 46.6 cm³/mol. The average molecular weight is 222 g/mol. The van der Waals surface area contributed by atoms with Gasteiger partial charge in [-0.05, 0) is 12.5 Å². The van der Waals surface area contributed by atoms with Gasteiger partial charge >= 0.3 is 6.18 Å². The fourth-order valence-corrected chi connectivity index (χ4v) is 1.34. The molecule has 0 heterocycles. The first-order chi connectivity index (χ1) is 6.83. The van der Waals surface area contributed by atoms with Gasteiger partial charge in [0.15, 0.2) is 5.60 Å².